The molecule has 24 heavy (non-hydrogen) atoms. The van der Waals surface area contributed by atoms with Crippen LogP contribution in [0.1, 0.15) is 51.1 Å². The Morgan fingerprint density at radius 3 is 2.75 bits per heavy atom. The number of nitrogens with zero attached hydrogens (tertiary/aromatic N) is 1. The van der Waals surface area contributed by atoms with Gasteiger partial charge < -0.3 is 10.1 Å². The SMILES string of the molecule is CCOC1CC(NC(=O)C(F)(F)c2ccccn2)C12CCCCC2. The molecule has 4 nitrogen and oxygen atoms in total. The van der Waals surface area contributed by atoms with Crippen molar-refractivity contribution >= 4 is 5.91 Å². The number of halogens is 2. The number of hydrogen-bond donors (Lipinski definition) is 1. The number of ether oxygens (including phenoxy) is 1. The number of pyridine rings is 1. The number of nitrogens with one attached hydrogen (secondary N) is 1. The van der Waals surface area contributed by atoms with Crippen LogP contribution in [-0.2, 0) is 15.5 Å². The van der Waals surface area contributed by atoms with Gasteiger partial charge in [0.1, 0.15) is 5.69 Å². The van der Waals surface area contributed by atoms with Gasteiger partial charge in [-0.3, -0.25) is 9.78 Å². The van der Waals surface area contributed by atoms with Crippen LogP contribution in [0, 0.1) is 5.41 Å². The smallest absolute Gasteiger partial charge is 0.366 e. The minimum Gasteiger partial charge on any atom is -0.378 e. The van der Waals surface area contributed by atoms with E-state index in [0.29, 0.717) is 13.0 Å². The fraction of sp³-hybridized carbons (Fsp3) is 0.667. The first-order valence-electron chi connectivity index (χ1n) is 8.72. The summed E-state index contributed by atoms with van der Waals surface area (Å²) in [6.07, 6.45) is 7.09. The zero-order valence-electron chi connectivity index (χ0n) is 13.9. The maximum atomic E-state index is 14.4. The summed E-state index contributed by atoms with van der Waals surface area (Å²) in [7, 11) is 0. The number of rotatable bonds is 5. The number of amides is 1. The van der Waals surface area contributed by atoms with Gasteiger partial charge in [0.05, 0.1) is 6.10 Å². The van der Waals surface area contributed by atoms with Gasteiger partial charge in [0.15, 0.2) is 0 Å². The van der Waals surface area contributed by atoms with E-state index in [-0.39, 0.29) is 17.6 Å². The van der Waals surface area contributed by atoms with Gasteiger partial charge in [-0.25, -0.2) is 0 Å². The summed E-state index contributed by atoms with van der Waals surface area (Å²) in [6.45, 7) is 2.55. The molecule has 3 rings (SSSR count). The van der Waals surface area contributed by atoms with Crippen LogP contribution >= 0.6 is 0 Å². The molecule has 2 saturated carbocycles. The van der Waals surface area contributed by atoms with Crippen LogP contribution < -0.4 is 5.32 Å². The van der Waals surface area contributed by atoms with E-state index in [1.165, 1.54) is 18.3 Å². The second-order valence-electron chi connectivity index (χ2n) is 6.79. The summed E-state index contributed by atoms with van der Waals surface area (Å²) in [4.78, 5) is 15.9. The van der Waals surface area contributed by atoms with Crippen molar-refractivity contribution in [3.8, 4) is 0 Å². The van der Waals surface area contributed by atoms with E-state index in [9.17, 15) is 13.6 Å². The molecule has 0 bridgehead atoms. The Labute approximate surface area is 141 Å². The molecule has 2 atom stereocenters. The summed E-state index contributed by atoms with van der Waals surface area (Å²) in [5.74, 6) is -4.88. The van der Waals surface area contributed by atoms with Crippen LogP contribution in [0.15, 0.2) is 24.4 Å². The van der Waals surface area contributed by atoms with Crippen molar-refractivity contribution in [2.45, 2.75) is 63.5 Å². The molecule has 132 valence electrons. The van der Waals surface area contributed by atoms with Crippen LogP contribution in [-0.4, -0.2) is 29.6 Å². The maximum Gasteiger partial charge on any atom is 0.366 e. The average molecular weight is 338 g/mol. The Kier molecular flexibility index (Phi) is 4.85. The second kappa shape index (κ2) is 6.75. The predicted octanol–water partition coefficient (Wildman–Crippen LogP) is 3.42. The van der Waals surface area contributed by atoms with Gasteiger partial charge >= 0.3 is 5.92 Å². The van der Waals surface area contributed by atoms with Crippen molar-refractivity contribution < 1.29 is 18.3 Å². The summed E-state index contributed by atoms with van der Waals surface area (Å²) >= 11 is 0. The second-order valence-corrected chi connectivity index (χ2v) is 6.79. The van der Waals surface area contributed by atoms with Crippen LogP contribution in [0.4, 0.5) is 8.78 Å². The molecular weight excluding hydrogens is 314 g/mol. The van der Waals surface area contributed by atoms with Gasteiger partial charge in [-0.1, -0.05) is 25.3 Å². The van der Waals surface area contributed by atoms with Crippen LogP contribution in [0.5, 0.6) is 0 Å². The third-order valence-electron chi connectivity index (χ3n) is 5.51. The molecule has 0 saturated heterocycles. The van der Waals surface area contributed by atoms with Gasteiger partial charge in [0.25, 0.3) is 5.91 Å². The first-order valence-corrected chi connectivity index (χ1v) is 8.72. The molecule has 2 unspecified atom stereocenters. The van der Waals surface area contributed by atoms with Crippen LogP contribution in [0.25, 0.3) is 0 Å². The minimum absolute atomic E-state index is 0.0663. The molecule has 2 fully saturated rings. The van der Waals surface area contributed by atoms with Crippen molar-refractivity contribution in [3.05, 3.63) is 30.1 Å². The van der Waals surface area contributed by atoms with Gasteiger partial charge in [0.2, 0.25) is 0 Å². The van der Waals surface area contributed by atoms with Crippen molar-refractivity contribution in [3.63, 3.8) is 0 Å². The number of carbonyl (C=O) groups is 1. The molecular formula is C18H24F2N2O2. The highest BCUT2D eigenvalue weighted by molar-refractivity contribution is 5.84. The zero-order chi connectivity index (χ0) is 17.2. The molecule has 2 aliphatic carbocycles. The number of carbonyl (C=O) groups excluding carboxylic acids is 1. The highest BCUT2D eigenvalue weighted by Gasteiger charge is 2.57. The highest BCUT2D eigenvalue weighted by atomic mass is 19.3. The van der Waals surface area contributed by atoms with Crippen molar-refractivity contribution in [2.75, 3.05) is 6.61 Å². The van der Waals surface area contributed by atoms with Crippen LogP contribution in [0.3, 0.4) is 0 Å². The van der Waals surface area contributed by atoms with E-state index in [2.05, 4.69) is 10.3 Å². The predicted molar refractivity (Wildman–Crippen MR) is 85.6 cm³/mol. The molecule has 1 aromatic heterocycles. The molecule has 0 aromatic carbocycles. The first kappa shape index (κ1) is 17.3. The first-order chi connectivity index (χ1) is 11.5. The summed E-state index contributed by atoms with van der Waals surface area (Å²) in [6, 6.07) is 3.95. The molecule has 1 heterocycles. The van der Waals surface area contributed by atoms with E-state index in [4.69, 9.17) is 4.74 Å². The molecule has 1 aromatic rings. The highest BCUT2D eigenvalue weighted by Crippen LogP contribution is 2.53. The Morgan fingerprint density at radius 1 is 1.38 bits per heavy atom. The third kappa shape index (κ3) is 2.92. The maximum absolute atomic E-state index is 14.4. The standard InChI is InChI=1S/C18H24F2N2O2/c1-2-24-15-12-14(17(15)9-5-3-6-10-17)22-16(23)18(19,20)13-8-4-7-11-21-13/h4,7-8,11,14-15H,2-3,5-6,9-10,12H2,1H3,(H,22,23). The van der Waals surface area contributed by atoms with Gasteiger partial charge in [0, 0.05) is 24.3 Å². The van der Waals surface area contributed by atoms with Crippen molar-refractivity contribution in [2.24, 2.45) is 5.41 Å². The topological polar surface area (TPSA) is 51.2 Å². The molecule has 1 amide bonds. The Hall–Kier alpha value is -1.56. The normalized spacial score (nSPS) is 26.0. The quantitative estimate of drug-likeness (QED) is 0.895. The molecule has 1 N–H and O–H groups in total. The van der Waals surface area contributed by atoms with E-state index in [0.717, 1.165) is 32.1 Å². The van der Waals surface area contributed by atoms with Gasteiger partial charge in [-0.05, 0) is 38.3 Å². The minimum atomic E-state index is -3.62. The average Bonchev–Trinajstić information content (AvgIpc) is 2.62. The Morgan fingerprint density at radius 2 is 2.12 bits per heavy atom. The number of aromatic nitrogens is 1. The monoisotopic (exact) mass is 338 g/mol. The van der Waals surface area contributed by atoms with Crippen LogP contribution in [0.2, 0.25) is 0 Å². The summed E-state index contributed by atoms with van der Waals surface area (Å²) < 4.78 is 34.5. The largest absolute Gasteiger partial charge is 0.378 e. The number of hydrogen-bond acceptors (Lipinski definition) is 3. The van der Waals surface area contributed by atoms with E-state index in [1.807, 2.05) is 6.92 Å². The number of alkyl halides is 2. The van der Waals surface area contributed by atoms with Crippen molar-refractivity contribution in [1.82, 2.24) is 10.3 Å². The van der Waals surface area contributed by atoms with E-state index < -0.39 is 17.5 Å². The molecule has 0 radical (unpaired) electrons. The zero-order valence-corrected chi connectivity index (χ0v) is 13.9. The molecule has 0 aliphatic heterocycles. The Balaban J connectivity index is 1.72. The fourth-order valence-corrected chi connectivity index (χ4v) is 4.18. The summed E-state index contributed by atoms with van der Waals surface area (Å²) in [5, 5.41) is 2.60. The third-order valence-corrected chi connectivity index (χ3v) is 5.51. The lowest BCUT2D eigenvalue weighted by Crippen LogP contribution is -2.66. The molecule has 1 spiro atoms. The lowest BCUT2D eigenvalue weighted by molar-refractivity contribution is -0.169. The van der Waals surface area contributed by atoms with E-state index >= 15 is 0 Å². The van der Waals surface area contributed by atoms with Gasteiger partial charge in [-0.2, -0.15) is 8.78 Å². The fourth-order valence-electron chi connectivity index (χ4n) is 4.18. The van der Waals surface area contributed by atoms with E-state index in [1.54, 1.807) is 6.07 Å². The van der Waals surface area contributed by atoms with Crippen molar-refractivity contribution in [1.29, 1.82) is 0 Å². The lowest BCUT2D eigenvalue weighted by Gasteiger charge is -2.57. The molecule has 6 heteroatoms. The lowest BCUT2D eigenvalue weighted by atomic mass is 9.55. The van der Waals surface area contributed by atoms with Gasteiger partial charge in [-0.15, -0.1) is 0 Å². The summed E-state index contributed by atoms with van der Waals surface area (Å²) in [5.41, 5.74) is -0.690. The Bertz CT molecular complexity index is 574. The molecule has 2 aliphatic rings.